The van der Waals surface area contributed by atoms with E-state index in [1.54, 1.807) is 7.11 Å². The molecule has 92 valence electrons. The first-order valence-electron chi connectivity index (χ1n) is 5.72. The molecule has 0 aromatic carbocycles. The van der Waals surface area contributed by atoms with Crippen LogP contribution < -0.4 is 5.32 Å². The Morgan fingerprint density at radius 3 is 2.13 bits per heavy atom. The molecule has 0 radical (unpaired) electrons. The van der Waals surface area contributed by atoms with Gasteiger partial charge in [-0.05, 0) is 26.7 Å². The van der Waals surface area contributed by atoms with E-state index < -0.39 is 0 Å². The Kier molecular flexibility index (Phi) is 7.14. The van der Waals surface area contributed by atoms with Gasteiger partial charge in [0, 0.05) is 19.2 Å². The van der Waals surface area contributed by atoms with E-state index >= 15 is 0 Å². The fourth-order valence-electron chi connectivity index (χ4n) is 1.18. The quantitative estimate of drug-likeness (QED) is 0.662. The molecule has 1 unspecified atom stereocenters. The monoisotopic (exact) mass is 217 g/mol. The van der Waals surface area contributed by atoms with Crippen molar-refractivity contribution in [3.8, 4) is 0 Å². The lowest BCUT2D eigenvalue weighted by molar-refractivity contribution is -0.00720. The third-order valence-electron chi connectivity index (χ3n) is 2.20. The van der Waals surface area contributed by atoms with E-state index in [0.717, 1.165) is 6.54 Å². The second-order valence-electron chi connectivity index (χ2n) is 5.28. The van der Waals surface area contributed by atoms with Gasteiger partial charge in [0.1, 0.15) is 0 Å². The summed E-state index contributed by atoms with van der Waals surface area (Å²) in [6.45, 7) is 13.1. The first-order valence-corrected chi connectivity index (χ1v) is 5.72. The molecule has 0 amide bonds. The minimum Gasteiger partial charge on any atom is -0.382 e. The Bertz CT molecular complexity index is 152. The maximum Gasteiger partial charge on any atom is 0.0723 e. The smallest absolute Gasteiger partial charge is 0.0723 e. The van der Waals surface area contributed by atoms with Gasteiger partial charge in [0.25, 0.3) is 0 Å². The third kappa shape index (κ3) is 8.85. The van der Waals surface area contributed by atoms with E-state index in [2.05, 4.69) is 39.9 Å². The zero-order valence-electron chi connectivity index (χ0n) is 11.1. The highest BCUT2D eigenvalue weighted by Gasteiger charge is 2.17. The van der Waals surface area contributed by atoms with Gasteiger partial charge >= 0.3 is 0 Å². The molecule has 0 rings (SSSR count). The maximum absolute atomic E-state index is 5.75. The summed E-state index contributed by atoms with van der Waals surface area (Å²) in [4.78, 5) is 0. The summed E-state index contributed by atoms with van der Waals surface area (Å²) < 4.78 is 10.7. The van der Waals surface area contributed by atoms with Gasteiger partial charge in [-0.25, -0.2) is 0 Å². The Labute approximate surface area is 94.5 Å². The van der Waals surface area contributed by atoms with E-state index in [-0.39, 0.29) is 11.6 Å². The SMILES string of the molecule is COCCOC(CNC(C)(C)C)C(C)C. The second kappa shape index (κ2) is 7.20. The molecule has 0 bridgehead atoms. The van der Waals surface area contributed by atoms with Gasteiger partial charge in [0.15, 0.2) is 0 Å². The summed E-state index contributed by atoms with van der Waals surface area (Å²) in [5.41, 5.74) is 0.151. The molecule has 15 heavy (non-hydrogen) atoms. The van der Waals surface area contributed by atoms with Gasteiger partial charge in [0.2, 0.25) is 0 Å². The van der Waals surface area contributed by atoms with Crippen molar-refractivity contribution in [2.24, 2.45) is 5.92 Å². The number of rotatable bonds is 7. The van der Waals surface area contributed by atoms with Crippen LogP contribution in [0.25, 0.3) is 0 Å². The average Bonchev–Trinajstić information content (AvgIpc) is 2.08. The standard InChI is InChI=1S/C12H27NO2/c1-10(2)11(15-8-7-14-6)9-13-12(3,4)5/h10-11,13H,7-9H2,1-6H3. The van der Waals surface area contributed by atoms with Crippen LogP contribution in [0.4, 0.5) is 0 Å². The zero-order chi connectivity index (χ0) is 11.9. The number of hydrogen-bond acceptors (Lipinski definition) is 3. The molecule has 0 saturated carbocycles. The molecule has 0 aliphatic carbocycles. The molecule has 1 N–H and O–H groups in total. The molecule has 0 saturated heterocycles. The third-order valence-corrected chi connectivity index (χ3v) is 2.20. The molecular formula is C12H27NO2. The van der Waals surface area contributed by atoms with Crippen molar-refractivity contribution in [2.75, 3.05) is 26.9 Å². The van der Waals surface area contributed by atoms with Crippen LogP contribution in [0.3, 0.4) is 0 Å². The van der Waals surface area contributed by atoms with Gasteiger partial charge in [0.05, 0.1) is 19.3 Å². The Balaban J connectivity index is 3.84. The summed E-state index contributed by atoms with van der Waals surface area (Å²) in [5.74, 6) is 0.525. The van der Waals surface area contributed by atoms with Crippen molar-refractivity contribution in [3.05, 3.63) is 0 Å². The van der Waals surface area contributed by atoms with Crippen LogP contribution in [0.5, 0.6) is 0 Å². The predicted octanol–water partition coefficient (Wildman–Crippen LogP) is 2.06. The molecule has 3 heteroatoms. The number of nitrogens with one attached hydrogen (secondary N) is 1. The lowest BCUT2D eigenvalue weighted by Crippen LogP contribution is -2.43. The fourth-order valence-corrected chi connectivity index (χ4v) is 1.18. The highest BCUT2D eigenvalue weighted by molar-refractivity contribution is 4.75. The molecule has 3 nitrogen and oxygen atoms in total. The summed E-state index contributed by atoms with van der Waals surface area (Å²) in [6.07, 6.45) is 0.263. The average molecular weight is 217 g/mol. The number of hydrogen-bond donors (Lipinski definition) is 1. The molecule has 0 heterocycles. The molecule has 0 aliphatic rings. The normalized spacial score (nSPS) is 14.6. The van der Waals surface area contributed by atoms with E-state index in [4.69, 9.17) is 9.47 Å². The molecule has 0 aromatic heterocycles. The Morgan fingerprint density at radius 2 is 1.73 bits per heavy atom. The van der Waals surface area contributed by atoms with Crippen LogP contribution >= 0.6 is 0 Å². The van der Waals surface area contributed by atoms with Crippen LogP contribution in [0.15, 0.2) is 0 Å². The van der Waals surface area contributed by atoms with Crippen LogP contribution in [-0.4, -0.2) is 38.5 Å². The lowest BCUT2D eigenvalue weighted by atomic mass is 10.0. The first-order chi connectivity index (χ1) is 6.87. The number of methoxy groups -OCH3 is 1. The van der Waals surface area contributed by atoms with Crippen molar-refractivity contribution < 1.29 is 9.47 Å². The van der Waals surface area contributed by atoms with Gasteiger partial charge in [-0.3, -0.25) is 0 Å². The zero-order valence-corrected chi connectivity index (χ0v) is 11.1. The van der Waals surface area contributed by atoms with Crippen molar-refractivity contribution in [3.63, 3.8) is 0 Å². The fraction of sp³-hybridized carbons (Fsp3) is 1.00. The Hall–Kier alpha value is -0.120. The molecule has 0 spiro atoms. The topological polar surface area (TPSA) is 30.5 Å². The maximum atomic E-state index is 5.75. The minimum absolute atomic E-state index is 0.151. The molecule has 0 aliphatic heterocycles. The van der Waals surface area contributed by atoms with E-state index in [1.165, 1.54) is 0 Å². The second-order valence-corrected chi connectivity index (χ2v) is 5.28. The van der Waals surface area contributed by atoms with Crippen molar-refractivity contribution >= 4 is 0 Å². The molecule has 0 fully saturated rings. The van der Waals surface area contributed by atoms with Crippen LogP contribution in [0.1, 0.15) is 34.6 Å². The van der Waals surface area contributed by atoms with Crippen LogP contribution in [0, 0.1) is 5.92 Å². The summed E-state index contributed by atoms with van der Waals surface area (Å²) >= 11 is 0. The summed E-state index contributed by atoms with van der Waals surface area (Å²) in [6, 6.07) is 0. The van der Waals surface area contributed by atoms with Crippen LogP contribution in [-0.2, 0) is 9.47 Å². The van der Waals surface area contributed by atoms with Crippen molar-refractivity contribution in [2.45, 2.75) is 46.3 Å². The first kappa shape index (κ1) is 14.9. The van der Waals surface area contributed by atoms with E-state index in [1.807, 2.05) is 0 Å². The van der Waals surface area contributed by atoms with E-state index in [9.17, 15) is 0 Å². The molecule has 1 atom stereocenters. The summed E-state index contributed by atoms with van der Waals surface area (Å²) in [7, 11) is 1.70. The van der Waals surface area contributed by atoms with Crippen molar-refractivity contribution in [1.82, 2.24) is 5.32 Å². The van der Waals surface area contributed by atoms with Gasteiger partial charge < -0.3 is 14.8 Å². The highest BCUT2D eigenvalue weighted by Crippen LogP contribution is 2.08. The predicted molar refractivity (Wildman–Crippen MR) is 64.2 cm³/mol. The summed E-state index contributed by atoms with van der Waals surface area (Å²) in [5, 5.41) is 3.46. The highest BCUT2D eigenvalue weighted by atomic mass is 16.5. The van der Waals surface area contributed by atoms with Crippen molar-refractivity contribution in [1.29, 1.82) is 0 Å². The largest absolute Gasteiger partial charge is 0.382 e. The van der Waals surface area contributed by atoms with Gasteiger partial charge in [-0.15, -0.1) is 0 Å². The minimum atomic E-state index is 0.151. The number of ether oxygens (including phenoxy) is 2. The molecular weight excluding hydrogens is 190 g/mol. The van der Waals surface area contributed by atoms with Gasteiger partial charge in [-0.1, -0.05) is 13.8 Å². The molecule has 0 aromatic rings. The lowest BCUT2D eigenvalue weighted by Gasteiger charge is -2.27. The van der Waals surface area contributed by atoms with E-state index in [0.29, 0.717) is 19.1 Å². The van der Waals surface area contributed by atoms with Crippen LogP contribution in [0.2, 0.25) is 0 Å². The van der Waals surface area contributed by atoms with Gasteiger partial charge in [-0.2, -0.15) is 0 Å². The Morgan fingerprint density at radius 1 is 1.13 bits per heavy atom.